The Hall–Kier alpha value is -3.24. The molecule has 2 saturated heterocycles. The van der Waals surface area contributed by atoms with E-state index in [-0.39, 0.29) is 6.10 Å². The number of hydrogen-bond donors (Lipinski definition) is 2. The number of aromatic nitrogens is 4. The van der Waals surface area contributed by atoms with Crippen molar-refractivity contribution in [1.29, 1.82) is 0 Å². The molecule has 2 aromatic carbocycles. The molecule has 0 saturated carbocycles. The molecule has 0 spiro atoms. The average Bonchev–Trinajstić information content (AvgIpc) is 3.57. The van der Waals surface area contributed by atoms with Crippen molar-refractivity contribution in [2.24, 2.45) is 0 Å². The molecule has 9 nitrogen and oxygen atoms in total. The van der Waals surface area contributed by atoms with Crippen LogP contribution in [-0.2, 0) is 30.7 Å². The number of rotatable bonds is 4. The highest BCUT2D eigenvalue weighted by Crippen LogP contribution is 2.42. The van der Waals surface area contributed by atoms with Gasteiger partial charge in [0.1, 0.15) is 11.6 Å². The number of H-pyrrole nitrogens is 1. The van der Waals surface area contributed by atoms with E-state index >= 15 is 0 Å². The predicted molar refractivity (Wildman–Crippen MR) is 158 cm³/mol. The molecule has 0 radical (unpaired) electrons. The third kappa shape index (κ3) is 4.46. The van der Waals surface area contributed by atoms with Gasteiger partial charge >= 0.3 is 6.01 Å². The maximum absolute atomic E-state index is 6.90. The van der Waals surface area contributed by atoms with Gasteiger partial charge in [-0.15, -0.1) is 0 Å². The number of halogens is 1. The number of aryl methyl sites for hydroxylation is 1. The number of piperazine rings is 1. The fourth-order valence-electron chi connectivity index (χ4n) is 7.15. The molecule has 0 aliphatic carbocycles. The zero-order valence-electron chi connectivity index (χ0n) is 23.4. The lowest BCUT2D eigenvalue weighted by molar-refractivity contribution is 0.0267. The zero-order chi connectivity index (χ0) is 27.7. The molecule has 4 aromatic rings. The first kappa shape index (κ1) is 25.5. The molecular weight excluding hydrogens is 538 g/mol. The first-order valence-corrected chi connectivity index (χ1v) is 15.0. The second-order valence-electron chi connectivity index (χ2n) is 12.0. The molecule has 10 heteroatoms. The number of hydrogen-bond acceptors (Lipinski definition) is 8. The van der Waals surface area contributed by atoms with E-state index in [1.54, 1.807) is 0 Å². The molecule has 0 amide bonds. The summed E-state index contributed by atoms with van der Waals surface area (Å²) in [5.41, 5.74) is 7.49. The Bertz CT molecular complexity index is 1640. The Morgan fingerprint density at radius 1 is 1.12 bits per heavy atom. The lowest BCUT2D eigenvalue weighted by atomic mass is 9.95. The predicted octanol–water partition coefficient (Wildman–Crippen LogP) is 4.85. The quantitative estimate of drug-likeness (QED) is 0.359. The first-order chi connectivity index (χ1) is 20.0. The minimum absolute atomic E-state index is 0.246. The lowest BCUT2D eigenvalue weighted by Crippen LogP contribution is -2.51. The van der Waals surface area contributed by atoms with E-state index in [2.05, 4.69) is 44.5 Å². The molecule has 8 rings (SSSR count). The monoisotopic (exact) mass is 571 g/mol. The van der Waals surface area contributed by atoms with E-state index in [1.807, 2.05) is 25.3 Å². The first-order valence-electron chi connectivity index (χ1n) is 14.6. The topological polar surface area (TPSA) is 91.4 Å². The highest BCUT2D eigenvalue weighted by molar-refractivity contribution is 6.33. The van der Waals surface area contributed by atoms with Crippen LogP contribution < -0.4 is 15.0 Å². The minimum Gasteiger partial charge on any atom is -0.424 e. The molecular formula is C31H34ClN7O2. The van der Waals surface area contributed by atoms with Gasteiger partial charge in [0.2, 0.25) is 0 Å². The third-order valence-corrected chi connectivity index (χ3v) is 9.72. The Morgan fingerprint density at radius 3 is 2.83 bits per heavy atom. The molecule has 3 atom stereocenters. The summed E-state index contributed by atoms with van der Waals surface area (Å²) in [4.78, 5) is 14.9. The van der Waals surface area contributed by atoms with Crippen molar-refractivity contribution in [3.63, 3.8) is 0 Å². The summed E-state index contributed by atoms with van der Waals surface area (Å²) in [6.07, 6.45) is 5.53. The number of fused-ring (bicyclic) bond motifs is 5. The van der Waals surface area contributed by atoms with Crippen molar-refractivity contribution in [3.8, 4) is 11.8 Å². The number of likely N-dealkylation sites (N-methyl/N-ethyl adjacent to an activating group) is 1. The van der Waals surface area contributed by atoms with Crippen LogP contribution in [0.2, 0.25) is 5.02 Å². The summed E-state index contributed by atoms with van der Waals surface area (Å²) in [7, 11) is 2.16. The van der Waals surface area contributed by atoms with Crippen molar-refractivity contribution in [2.45, 2.75) is 63.9 Å². The summed E-state index contributed by atoms with van der Waals surface area (Å²) in [5.74, 6) is 1.79. The number of benzene rings is 2. The number of ether oxygens (including phenoxy) is 2. The standard InChI is InChI=1S/C31H34ClN7O2/c1-17-10-25-22(12-33-37-25)28(29(17)32)27-11-24-23(16-40-27)30(39-14-19-6-7-20(15-39)34-19)36-31(35-24)41-26-5-3-4-18-13-38(2)9-8-21(18)26/h3-5,10,12,19-20,27,34H,6-9,11,13-16H2,1-2H3,(H,33,37)/t19?,20?,27-/m1/s1. The van der Waals surface area contributed by atoms with E-state index < -0.39 is 0 Å². The summed E-state index contributed by atoms with van der Waals surface area (Å²) >= 11 is 6.90. The summed E-state index contributed by atoms with van der Waals surface area (Å²) in [6.45, 7) is 6.22. The van der Waals surface area contributed by atoms with Crippen molar-refractivity contribution < 1.29 is 9.47 Å². The molecule has 4 aliphatic rings. The van der Waals surface area contributed by atoms with Crippen LogP contribution in [0.25, 0.3) is 10.9 Å². The van der Waals surface area contributed by atoms with E-state index in [0.29, 0.717) is 31.1 Å². The normalized spacial score (nSPS) is 24.0. The third-order valence-electron chi connectivity index (χ3n) is 9.21. The highest BCUT2D eigenvalue weighted by atomic mass is 35.5. The van der Waals surface area contributed by atoms with E-state index in [4.69, 9.17) is 31.0 Å². The maximum Gasteiger partial charge on any atom is 0.324 e. The van der Waals surface area contributed by atoms with Crippen LogP contribution in [0.5, 0.6) is 11.8 Å². The second-order valence-corrected chi connectivity index (χ2v) is 12.4. The summed E-state index contributed by atoms with van der Waals surface area (Å²) < 4.78 is 13.1. The van der Waals surface area contributed by atoms with E-state index in [0.717, 1.165) is 82.5 Å². The van der Waals surface area contributed by atoms with Crippen LogP contribution in [0.4, 0.5) is 5.82 Å². The number of nitrogens with zero attached hydrogens (tertiary/aromatic N) is 5. The van der Waals surface area contributed by atoms with Crippen molar-refractivity contribution in [2.75, 3.05) is 31.6 Å². The largest absolute Gasteiger partial charge is 0.424 e. The van der Waals surface area contributed by atoms with Crippen molar-refractivity contribution in [3.05, 3.63) is 69.0 Å². The van der Waals surface area contributed by atoms with Crippen molar-refractivity contribution in [1.82, 2.24) is 30.4 Å². The molecule has 2 fully saturated rings. The number of aromatic amines is 1. The Morgan fingerprint density at radius 2 is 1.98 bits per heavy atom. The minimum atomic E-state index is -0.246. The summed E-state index contributed by atoms with van der Waals surface area (Å²) in [6, 6.07) is 9.72. The van der Waals surface area contributed by atoms with Crippen LogP contribution >= 0.6 is 11.6 Å². The van der Waals surface area contributed by atoms with Gasteiger partial charge in [0, 0.05) is 66.8 Å². The van der Waals surface area contributed by atoms with E-state index in [9.17, 15) is 0 Å². The number of anilines is 1. The second kappa shape index (κ2) is 9.94. The Kier molecular flexibility index (Phi) is 6.18. The van der Waals surface area contributed by atoms with Gasteiger partial charge in [0.15, 0.2) is 0 Å². The van der Waals surface area contributed by atoms with Crippen molar-refractivity contribution >= 4 is 28.3 Å². The van der Waals surface area contributed by atoms with Gasteiger partial charge in [-0.25, -0.2) is 0 Å². The molecule has 41 heavy (non-hydrogen) atoms. The lowest BCUT2D eigenvalue weighted by Gasteiger charge is -2.36. The van der Waals surface area contributed by atoms with Gasteiger partial charge in [-0.2, -0.15) is 15.1 Å². The number of nitrogens with one attached hydrogen (secondary N) is 2. The van der Waals surface area contributed by atoms with Gasteiger partial charge in [-0.1, -0.05) is 23.7 Å². The van der Waals surface area contributed by atoms with Crippen LogP contribution in [0.3, 0.4) is 0 Å². The van der Waals surface area contributed by atoms with Crippen LogP contribution in [0.15, 0.2) is 30.5 Å². The van der Waals surface area contributed by atoms with Gasteiger partial charge in [-0.05, 0) is 56.5 Å². The Balaban J connectivity index is 1.20. The van der Waals surface area contributed by atoms with Crippen LogP contribution in [-0.4, -0.2) is 63.8 Å². The molecule has 2 unspecified atom stereocenters. The molecule has 212 valence electrons. The van der Waals surface area contributed by atoms with Gasteiger partial charge < -0.3 is 24.6 Å². The maximum atomic E-state index is 6.90. The molecule has 4 aliphatic heterocycles. The zero-order valence-corrected chi connectivity index (χ0v) is 24.2. The van der Waals surface area contributed by atoms with Crippen LogP contribution in [0.1, 0.15) is 52.5 Å². The highest BCUT2D eigenvalue weighted by Gasteiger charge is 2.36. The van der Waals surface area contributed by atoms with E-state index in [1.165, 1.54) is 24.0 Å². The molecule has 2 bridgehead atoms. The fourth-order valence-corrected chi connectivity index (χ4v) is 7.43. The fraction of sp³-hybridized carbons (Fsp3) is 0.452. The van der Waals surface area contributed by atoms with Gasteiger partial charge in [-0.3, -0.25) is 5.10 Å². The smallest absolute Gasteiger partial charge is 0.324 e. The van der Waals surface area contributed by atoms with Crippen LogP contribution in [0, 0.1) is 6.92 Å². The van der Waals surface area contributed by atoms with Gasteiger partial charge in [0.25, 0.3) is 0 Å². The molecule has 6 heterocycles. The molecule has 2 N–H and O–H groups in total. The average molecular weight is 572 g/mol. The molecule has 2 aromatic heterocycles. The SMILES string of the molecule is Cc1cc2[nH]ncc2c([C@H]2Cc3nc(Oc4cccc5c4CCN(C)C5)nc(N4CC5CCC(C4)N5)c3CO2)c1Cl. The Labute approximate surface area is 244 Å². The van der Waals surface area contributed by atoms with Gasteiger partial charge in [0.05, 0.1) is 35.1 Å². The summed E-state index contributed by atoms with van der Waals surface area (Å²) in [5, 5.41) is 12.8.